The number of rotatable bonds is 3. The summed E-state index contributed by atoms with van der Waals surface area (Å²) in [7, 11) is 0. The first kappa shape index (κ1) is 11.6. The van der Waals surface area contributed by atoms with Crippen LogP contribution in [0.2, 0.25) is 0 Å². The Labute approximate surface area is 103 Å². The molecule has 0 unspecified atom stereocenters. The van der Waals surface area contributed by atoms with Gasteiger partial charge in [-0.2, -0.15) is 0 Å². The van der Waals surface area contributed by atoms with Gasteiger partial charge in [-0.15, -0.1) is 0 Å². The Morgan fingerprint density at radius 3 is 2.59 bits per heavy atom. The van der Waals surface area contributed by atoms with Crippen LogP contribution in [-0.4, -0.2) is 9.91 Å². The maximum Gasteiger partial charge on any atom is 0.283 e. The van der Waals surface area contributed by atoms with Crippen molar-refractivity contribution < 1.29 is 4.92 Å². The van der Waals surface area contributed by atoms with E-state index in [1.807, 2.05) is 25.1 Å². The van der Waals surface area contributed by atoms with E-state index in [9.17, 15) is 10.1 Å². The maximum atomic E-state index is 10.9. The average molecular weight is 246 g/mol. The van der Waals surface area contributed by atoms with E-state index in [0.29, 0.717) is 4.90 Å². The second-order valence-corrected chi connectivity index (χ2v) is 4.63. The van der Waals surface area contributed by atoms with Gasteiger partial charge in [-0.3, -0.25) is 15.1 Å². The minimum absolute atomic E-state index is 0.136. The highest BCUT2D eigenvalue weighted by molar-refractivity contribution is 7.99. The van der Waals surface area contributed by atoms with Gasteiger partial charge in [0.1, 0.15) is 0 Å². The molecular weight excluding hydrogens is 236 g/mol. The molecule has 0 aliphatic carbocycles. The predicted molar refractivity (Wildman–Crippen MR) is 66.2 cm³/mol. The van der Waals surface area contributed by atoms with Gasteiger partial charge in [-0.25, -0.2) is 0 Å². The van der Waals surface area contributed by atoms with E-state index in [2.05, 4.69) is 4.98 Å². The van der Waals surface area contributed by atoms with Crippen molar-refractivity contribution in [1.29, 1.82) is 0 Å². The smallest absolute Gasteiger partial charge is 0.265 e. The fourth-order valence-corrected chi connectivity index (χ4v) is 2.39. The minimum Gasteiger partial charge on any atom is -0.265 e. The Hall–Kier alpha value is -1.88. The van der Waals surface area contributed by atoms with Crippen molar-refractivity contribution in [3.63, 3.8) is 0 Å². The number of benzene rings is 1. The van der Waals surface area contributed by atoms with Crippen molar-refractivity contribution >= 4 is 17.4 Å². The quantitative estimate of drug-likeness (QED) is 0.614. The average Bonchev–Trinajstić information content (AvgIpc) is 2.30. The second kappa shape index (κ2) is 4.97. The zero-order valence-electron chi connectivity index (χ0n) is 9.16. The van der Waals surface area contributed by atoms with Gasteiger partial charge >= 0.3 is 0 Å². The Balaban J connectivity index is 2.37. The molecule has 0 N–H and O–H groups in total. The molecule has 4 nitrogen and oxygen atoms in total. The summed E-state index contributed by atoms with van der Waals surface area (Å²) >= 11 is 1.38. The first-order chi connectivity index (χ1) is 8.16. The summed E-state index contributed by atoms with van der Waals surface area (Å²) in [4.78, 5) is 16.1. The van der Waals surface area contributed by atoms with Gasteiger partial charge in [0.15, 0.2) is 0 Å². The van der Waals surface area contributed by atoms with E-state index >= 15 is 0 Å². The molecule has 0 atom stereocenters. The molecule has 0 bridgehead atoms. The van der Waals surface area contributed by atoms with Crippen LogP contribution in [0.15, 0.2) is 52.5 Å². The number of nitrogens with zero attached hydrogens (tertiary/aromatic N) is 2. The van der Waals surface area contributed by atoms with E-state index < -0.39 is 0 Å². The first-order valence-corrected chi connectivity index (χ1v) is 5.81. The van der Waals surface area contributed by atoms with Crippen molar-refractivity contribution in [2.24, 2.45) is 0 Å². The van der Waals surface area contributed by atoms with Crippen LogP contribution in [-0.2, 0) is 0 Å². The zero-order chi connectivity index (χ0) is 12.3. The standard InChI is InChI=1S/C12H10N2O2S/c1-9-2-3-11(14(15)16)12(8-9)17-10-4-6-13-7-5-10/h2-8H,1H3. The predicted octanol–water partition coefficient (Wildman–Crippen LogP) is 3.45. The van der Waals surface area contributed by atoms with E-state index in [-0.39, 0.29) is 10.6 Å². The van der Waals surface area contributed by atoms with Crippen molar-refractivity contribution in [3.05, 3.63) is 58.4 Å². The summed E-state index contributed by atoms with van der Waals surface area (Å²) in [6.07, 6.45) is 3.34. The monoisotopic (exact) mass is 246 g/mol. The number of nitro benzene ring substituents is 1. The lowest BCUT2D eigenvalue weighted by Crippen LogP contribution is -1.91. The first-order valence-electron chi connectivity index (χ1n) is 5.00. The van der Waals surface area contributed by atoms with E-state index in [4.69, 9.17) is 0 Å². The Morgan fingerprint density at radius 2 is 1.94 bits per heavy atom. The number of hydrogen-bond acceptors (Lipinski definition) is 4. The van der Waals surface area contributed by atoms with Crippen molar-refractivity contribution in [2.45, 2.75) is 16.7 Å². The number of aryl methyl sites for hydroxylation is 1. The number of hydrogen-bond donors (Lipinski definition) is 0. The highest BCUT2D eigenvalue weighted by Crippen LogP contribution is 2.34. The molecule has 86 valence electrons. The third-order valence-electron chi connectivity index (χ3n) is 2.19. The minimum atomic E-state index is -0.358. The fourth-order valence-electron chi connectivity index (χ4n) is 1.39. The van der Waals surface area contributed by atoms with Crippen LogP contribution in [0.3, 0.4) is 0 Å². The molecule has 0 saturated heterocycles. The second-order valence-electron chi connectivity index (χ2n) is 3.51. The normalized spacial score (nSPS) is 10.2. The Kier molecular flexibility index (Phi) is 3.39. The third kappa shape index (κ3) is 2.82. The van der Waals surface area contributed by atoms with Crippen LogP contribution < -0.4 is 0 Å². The maximum absolute atomic E-state index is 10.9. The molecule has 0 saturated carbocycles. The van der Waals surface area contributed by atoms with Gasteiger partial charge in [-0.05, 0) is 30.7 Å². The summed E-state index contributed by atoms with van der Waals surface area (Å²) in [6, 6.07) is 8.77. The Morgan fingerprint density at radius 1 is 1.24 bits per heavy atom. The molecule has 1 aromatic carbocycles. The van der Waals surface area contributed by atoms with E-state index in [1.165, 1.54) is 11.8 Å². The fraction of sp³-hybridized carbons (Fsp3) is 0.0833. The summed E-state index contributed by atoms with van der Waals surface area (Å²) in [6.45, 7) is 1.92. The third-order valence-corrected chi connectivity index (χ3v) is 3.24. The van der Waals surface area contributed by atoms with Crippen LogP contribution in [0.1, 0.15) is 5.56 Å². The summed E-state index contributed by atoms with van der Waals surface area (Å²) in [5.41, 5.74) is 1.14. The summed E-state index contributed by atoms with van der Waals surface area (Å²) < 4.78 is 0. The van der Waals surface area contributed by atoms with Crippen LogP contribution in [0.4, 0.5) is 5.69 Å². The Bertz CT molecular complexity index is 543. The molecule has 0 aliphatic rings. The lowest BCUT2D eigenvalue weighted by molar-refractivity contribution is -0.387. The summed E-state index contributed by atoms with van der Waals surface area (Å²) in [5, 5.41) is 10.9. The lowest BCUT2D eigenvalue weighted by Gasteiger charge is -2.03. The van der Waals surface area contributed by atoms with Gasteiger partial charge in [-0.1, -0.05) is 17.8 Å². The number of nitro groups is 1. The molecular formula is C12H10N2O2S. The molecule has 1 aromatic heterocycles. The number of pyridine rings is 1. The molecule has 1 heterocycles. The molecule has 0 radical (unpaired) electrons. The van der Waals surface area contributed by atoms with Crippen LogP contribution >= 0.6 is 11.8 Å². The molecule has 0 aliphatic heterocycles. The van der Waals surface area contributed by atoms with Crippen molar-refractivity contribution in [1.82, 2.24) is 4.98 Å². The van der Waals surface area contributed by atoms with Crippen LogP contribution in [0.25, 0.3) is 0 Å². The van der Waals surface area contributed by atoms with Gasteiger partial charge in [0.25, 0.3) is 5.69 Å². The zero-order valence-corrected chi connectivity index (χ0v) is 9.98. The van der Waals surface area contributed by atoms with Crippen molar-refractivity contribution in [2.75, 3.05) is 0 Å². The largest absolute Gasteiger partial charge is 0.283 e. The van der Waals surface area contributed by atoms with Gasteiger partial charge in [0.2, 0.25) is 0 Å². The van der Waals surface area contributed by atoms with E-state index in [1.54, 1.807) is 24.5 Å². The lowest BCUT2D eigenvalue weighted by atomic mass is 10.2. The topological polar surface area (TPSA) is 56.0 Å². The molecule has 2 aromatic rings. The molecule has 0 spiro atoms. The summed E-state index contributed by atoms with van der Waals surface area (Å²) in [5.74, 6) is 0. The van der Waals surface area contributed by atoms with Crippen LogP contribution in [0.5, 0.6) is 0 Å². The molecule has 5 heteroatoms. The molecule has 0 fully saturated rings. The SMILES string of the molecule is Cc1ccc([N+](=O)[O-])c(Sc2ccncc2)c1. The van der Waals surface area contributed by atoms with Crippen LogP contribution in [0, 0.1) is 17.0 Å². The highest BCUT2D eigenvalue weighted by atomic mass is 32.2. The highest BCUT2D eigenvalue weighted by Gasteiger charge is 2.14. The van der Waals surface area contributed by atoms with Crippen molar-refractivity contribution in [3.8, 4) is 0 Å². The van der Waals surface area contributed by atoms with Gasteiger partial charge in [0, 0.05) is 23.4 Å². The van der Waals surface area contributed by atoms with Gasteiger partial charge in [0.05, 0.1) is 9.82 Å². The molecule has 2 rings (SSSR count). The number of aromatic nitrogens is 1. The molecule has 0 amide bonds. The van der Waals surface area contributed by atoms with Gasteiger partial charge < -0.3 is 0 Å². The van der Waals surface area contributed by atoms with E-state index in [0.717, 1.165) is 10.5 Å². The molecule has 17 heavy (non-hydrogen) atoms.